The van der Waals surface area contributed by atoms with Gasteiger partial charge in [-0.05, 0) is 24.7 Å². The molecule has 2 amide bonds. The summed E-state index contributed by atoms with van der Waals surface area (Å²) in [6, 6.07) is -0.426. The predicted octanol–water partition coefficient (Wildman–Crippen LogP) is 1.35. The summed E-state index contributed by atoms with van der Waals surface area (Å²) >= 11 is 0. The van der Waals surface area contributed by atoms with Crippen LogP contribution in [0.3, 0.4) is 0 Å². The zero-order valence-electron chi connectivity index (χ0n) is 16.3. The van der Waals surface area contributed by atoms with Crippen LogP contribution in [0.25, 0.3) is 0 Å². The Kier molecular flexibility index (Phi) is 5.09. The Balaban J connectivity index is 1.89. The molecule has 0 spiro atoms. The van der Waals surface area contributed by atoms with E-state index in [9.17, 15) is 18.0 Å². The summed E-state index contributed by atoms with van der Waals surface area (Å²) in [6.45, 7) is 5.42. The van der Waals surface area contributed by atoms with Crippen molar-refractivity contribution in [1.29, 1.82) is 0 Å². The van der Waals surface area contributed by atoms with E-state index in [1.165, 1.54) is 0 Å². The molecule has 27 heavy (non-hydrogen) atoms. The van der Waals surface area contributed by atoms with E-state index in [0.717, 1.165) is 12.8 Å². The van der Waals surface area contributed by atoms with Gasteiger partial charge in [-0.15, -0.1) is 0 Å². The van der Waals surface area contributed by atoms with E-state index >= 15 is 0 Å². The van der Waals surface area contributed by atoms with Gasteiger partial charge in [-0.25, -0.2) is 13.4 Å². The van der Waals surface area contributed by atoms with Gasteiger partial charge < -0.3 is 9.47 Å². The van der Waals surface area contributed by atoms with Crippen LogP contribution in [0.5, 0.6) is 0 Å². The number of hydrogen-bond acceptors (Lipinski definition) is 5. The second-order valence-electron chi connectivity index (χ2n) is 8.80. The molecule has 9 heteroatoms. The highest BCUT2D eigenvalue weighted by Crippen LogP contribution is 2.43. The molecule has 1 N–H and O–H groups in total. The van der Waals surface area contributed by atoms with Crippen molar-refractivity contribution in [1.82, 2.24) is 19.2 Å². The monoisotopic (exact) mass is 396 g/mol. The SMILES string of the molecule is Cn1ccnc1[C@@H]1[C@@H](C(=O)NS(=O)(=O)CC(C)(C)C)CCC(=O)N1C1CC1. The maximum absolute atomic E-state index is 12.9. The molecule has 2 aliphatic rings. The smallest absolute Gasteiger partial charge is 0.239 e. The fraction of sp³-hybridized carbons (Fsp3) is 0.722. The molecular weight excluding hydrogens is 368 g/mol. The molecule has 1 saturated heterocycles. The van der Waals surface area contributed by atoms with Crippen LogP contribution >= 0.6 is 0 Å². The Morgan fingerprint density at radius 3 is 2.48 bits per heavy atom. The maximum Gasteiger partial charge on any atom is 0.239 e. The van der Waals surface area contributed by atoms with Gasteiger partial charge in [-0.2, -0.15) is 0 Å². The third kappa shape index (κ3) is 4.51. The van der Waals surface area contributed by atoms with Gasteiger partial charge in [0, 0.05) is 31.9 Å². The van der Waals surface area contributed by atoms with E-state index < -0.39 is 33.3 Å². The molecule has 1 aliphatic heterocycles. The lowest BCUT2D eigenvalue weighted by molar-refractivity contribution is -0.144. The zero-order chi connectivity index (χ0) is 20.0. The topological polar surface area (TPSA) is 101 Å². The highest BCUT2D eigenvalue weighted by molar-refractivity contribution is 7.90. The zero-order valence-corrected chi connectivity index (χ0v) is 17.1. The number of nitrogens with zero attached hydrogens (tertiary/aromatic N) is 3. The van der Waals surface area contributed by atoms with Crippen molar-refractivity contribution in [2.24, 2.45) is 18.4 Å². The van der Waals surface area contributed by atoms with Crippen molar-refractivity contribution in [3.05, 3.63) is 18.2 Å². The molecule has 2 fully saturated rings. The first-order chi connectivity index (χ1) is 12.5. The number of hydrogen-bond donors (Lipinski definition) is 1. The molecule has 0 bridgehead atoms. The molecule has 2 heterocycles. The molecule has 1 aromatic rings. The lowest BCUT2D eigenvalue weighted by atomic mass is 9.87. The summed E-state index contributed by atoms with van der Waals surface area (Å²) in [5, 5.41) is 0. The number of imidazole rings is 1. The minimum Gasteiger partial charge on any atom is -0.336 e. The molecule has 8 nitrogen and oxygen atoms in total. The molecular formula is C18H28N4O4S. The van der Waals surface area contributed by atoms with Gasteiger partial charge in [0.1, 0.15) is 11.9 Å². The minimum absolute atomic E-state index is 0.00657. The summed E-state index contributed by atoms with van der Waals surface area (Å²) in [4.78, 5) is 31.6. The van der Waals surface area contributed by atoms with E-state index in [0.29, 0.717) is 12.2 Å². The Hall–Kier alpha value is -1.90. The van der Waals surface area contributed by atoms with Crippen molar-refractivity contribution >= 4 is 21.8 Å². The number of aromatic nitrogens is 2. The number of rotatable bonds is 5. The van der Waals surface area contributed by atoms with Gasteiger partial charge in [-0.1, -0.05) is 20.8 Å². The van der Waals surface area contributed by atoms with Crippen LogP contribution in [0.4, 0.5) is 0 Å². The quantitative estimate of drug-likeness (QED) is 0.810. The molecule has 2 atom stereocenters. The molecule has 0 aromatic carbocycles. The van der Waals surface area contributed by atoms with Gasteiger partial charge in [0.05, 0.1) is 11.7 Å². The van der Waals surface area contributed by atoms with Crippen LogP contribution in [0.1, 0.15) is 58.3 Å². The number of sulfonamides is 1. The Labute approximate surface area is 160 Å². The Morgan fingerprint density at radius 2 is 1.96 bits per heavy atom. The summed E-state index contributed by atoms with van der Waals surface area (Å²) in [7, 11) is -1.94. The summed E-state index contributed by atoms with van der Waals surface area (Å²) < 4.78 is 28.9. The van der Waals surface area contributed by atoms with E-state index in [-0.39, 0.29) is 24.1 Å². The Bertz CT molecular complexity index is 836. The summed E-state index contributed by atoms with van der Waals surface area (Å²) in [6.07, 6.45) is 5.77. The van der Waals surface area contributed by atoms with Gasteiger partial charge in [0.15, 0.2) is 0 Å². The highest BCUT2D eigenvalue weighted by atomic mass is 32.2. The fourth-order valence-electron chi connectivity index (χ4n) is 3.77. The van der Waals surface area contributed by atoms with E-state index in [1.807, 2.05) is 27.8 Å². The second kappa shape index (κ2) is 6.92. The van der Waals surface area contributed by atoms with Crippen LogP contribution < -0.4 is 4.72 Å². The first-order valence-electron chi connectivity index (χ1n) is 9.31. The fourth-order valence-corrected chi connectivity index (χ4v) is 5.44. The van der Waals surface area contributed by atoms with Crippen molar-refractivity contribution in [2.75, 3.05) is 5.75 Å². The lowest BCUT2D eigenvalue weighted by Gasteiger charge is -2.40. The van der Waals surface area contributed by atoms with Gasteiger partial charge in [-0.3, -0.25) is 14.3 Å². The van der Waals surface area contributed by atoms with Crippen LogP contribution in [0, 0.1) is 11.3 Å². The van der Waals surface area contributed by atoms with Gasteiger partial charge in [0.2, 0.25) is 21.8 Å². The van der Waals surface area contributed by atoms with Crippen LogP contribution in [-0.4, -0.2) is 46.5 Å². The molecule has 0 radical (unpaired) electrons. The molecule has 1 aromatic heterocycles. The number of likely N-dealkylation sites (tertiary alicyclic amines) is 1. The van der Waals surface area contributed by atoms with E-state index in [2.05, 4.69) is 9.71 Å². The number of amides is 2. The van der Waals surface area contributed by atoms with Crippen molar-refractivity contribution in [3.63, 3.8) is 0 Å². The van der Waals surface area contributed by atoms with Crippen LogP contribution in [-0.2, 0) is 26.7 Å². The number of carbonyl (C=O) groups excluding carboxylic acids is 2. The molecule has 0 unspecified atom stereocenters. The first-order valence-corrected chi connectivity index (χ1v) is 11.0. The highest BCUT2D eigenvalue weighted by Gasteiger charge is 2.48. The van der Waals surface area contributed by atoms with Crippen molar-refractivity contribution < 1.29 is 18.0 Å². The number of aryl methyl sites for hydroxylation is 1. The minimum atomic E-state index is -3.76. The molecule has 1 saturated carbocycles. The van der Waals surface area contributed by atoms with Gasteiger partial charge in [0.25, 0.3) is 0 Å². The van der Waals surface area contributed by atoms with Crippen molar-refractivity contribution in [3.8, 4) is 0 Å². The van der Waals surface area contributed by atoms with E-state index in [4.69, 9.17) is 0 Å². The average molecular weight is 397 g/mol. The maximum atomic E-state index is 12.9. The van der Waals surface area contributed by atoms with Gasteiger partial charge >= 0.3 is 0 Å². The van der Waals surface area contributed by atoms with Crippen LogP contribution in [0.15, 0.2) is 12.4 Å². The largest absolute Gasteiger partial charge is 0.336 e. The third-order valence-electron chi connectivity index (χ3n) is 4.92. The Morgan fingerprint density at radius 1 is 1.30 bits per heavy atom. The summed E-state index contributed by atoms with van der Waals surface area (Å²) in [5.74, 6) is -0.712. The molecule has 3 rings (SSSR count). The average Bonchev–Trinajstić information content (AvgIpc) is 3.25. The molecule has 150 valence electrons. The van der Waals surface area contributed by atoms with Crippen LogP contribution in [0.2, 0.25) is 0 Å². The predicted molar refractivity (Wildman–Crippen MR) is 99.9 cm³/mol. The third-order valence-corrected chi connectivity index (χ3v) is 6.68. The summed E-state index contributed by atoms with van der Waals surface area (Å²) in [5.41, 5.74) is -0.465. The number of nitrogens with one attached hydrogen (secondary N) is 1. The second-order valence-corrected chi connectivity index (χ2v) is 10.5. The number of carbonyl (C=O) groups is 2. The van der Waals surface area contributed by atoms with Crippen molar-refractivity contribution in [2.45, 2.75) is 58.5 Å². The lowest BCUT2D eigenvalue weighted by Crippen LogP contribution is -2.51. The number of piperidine rings is 1. The standard InChI is InChI=1S/C18H28N4O4S/c1-18(2,3)11-27(25,26)20-17(24)13-7-8-14(23)22(12-5-6-12)15(13)16-19-9-10-21(16)4/h9-10,12-13,15H,5-8,11H2,1-4H3,(H,20,24)/t13-,15-/m0/s1. The normalized spacial score (nSPS) is 24.1. The first kappa shape index (κ1) is 19.9. The van der Waals surface area contributed by atoms with E-state index in [1.54, 1.807) is 21.9 Å². The molecule has 1 aliphatic carbocycles.